The molecule has 23 heavy (non-hydrogen) atoms. The molecule has 120 valence electrons. The Balaban J connectivity index is 2.16. The van der Waals surface area contributed by atoms with Gasteiger partial charge in [-0.3, -0.25) is 9.59 Å². The van der Waals surface area contributed by atoms with Gasteiger partial charge in [-0.1, -0.05) is 0 Å². The number of fused-ring (bicyclic) bond motifs is 1. The van der Waals surface area contributed by atoms with E-state index in [-0.39, 0.29) is 11.0 Å². The molecule has 0 bridgehead atoms. The Morgan fingerprint density at radius 3 is 2.57 bits per heavy atom. The summed E-state index contributed by atoms with van der Waals surface area (Å²) in [5.74, 6) is 0.115. The maximum absolute atomic E-state index is 12.4. The Labute approximate surface area is 134 Å². The number of nitrogens with two attached hydrogens (primary N) is 1. The molecule has 1 amide bonds. The zero-order valence-electron chi connectivity index (χ0n) is 13.2. The molecule has 0 aliphatic heterocycles. The van der Waals surface area contributed by atoms with Crippen LogP contribution < -0.4 is 15.9 Å². The molecule has 1 aromatic carbocycles. The van der Waals surface area contributed by atoms with Crippen molar-refractivity contribution in [2.75, 3.05) is 6.61 Å². The molecular weight excluding hydrogens is 292 g/mol. The van der Waals surface area contributed by atoms with Crippen LogP contribution in [0.15, 0.2) is 35.3 Å². The van der Waals surface area contributed by atoms with Crippen LogP contribution in [0.25, 0.3) is 5.69 Å². The van der Waals surface area contributed by atoms with Crippen LogP contribution in [-0.2, 0) is 12.8 Å². The number of primary amides is 1. The smallest absolute Gasteiger partial charge is 0.254 e. The highest BCUT2D eigenvalue weighted by Crippen LogP contribution is 2.24. The third-order valence-corrected chi connectivity index (χ3v) is 4.20. The lowest BCUT2D eigenvalue weighted by molar-refractivity contribution is 0.0998. The quantitative estimate of drug-likeness (QED) is 0.940. The second-order valence-electron chi connectivity index (χ2n) is 5.67. The average Bonchev–Trinajstić information content (AvgIpc) is 2.56. The Morgan fingerprint density at radius 2 is 1.91 bits per heavy atom. The number of aromatic nitrogens is 1. The van der Waals surface area contributed by atoms with Crippen LogP contribution in [-0.4, -0.2) is 17.1 Å². The van der Waals surface area contributed by atoms with Crippen LogP contribution >= 0.6 is 0 Å². The molecule has 5 nitrogen and oxygen atoms in total. The first-order valence-corrected chi connectivity index (χ1v) is 7.92. The van der Waals surface area contributed by atoms with Crippen LogP contribution in [0.1, 0.15) is 41.4 Å². The molecule has 2 N–H and O–H groups in total. The van der Waals surface area contributed by atoms with E-state index >= 15 is 0 Å². The fourth-order valence-corrected chi connectivity index (χ4v) is 3.10. The number of pyridine rings is 1. The molecule has 1 heterocycles. The maximum atomic E-state index is 12.4. The van der Waals surface area contributed by atoms with Gasteiger partial charge in [0, 0.05) is 23.1 Å². The Morgan fingerprint density at radius 1 is 1.22 bits per heavy atom. The summed E-state index contributed by atoms with van der Waals surface area (Å²) in [7, 11) is 0. The minimum Gasteiger partial charge on any atom is -0.494 e. The summed E-state index contributed by atoms with van der Waals surface area (Å²) in [4.78, 5) is 24.1. The van der Waals surface area contributed by atoms with Gasteiger partial charge in [-0.15, -0.1) is 0 Å². The summed E-state index contributed by atoms with van der Waals surface area (Å²) < 4.78 is 7.38. The second kappa shape index (κ2) is 6.28. The van der Waals surface area contributed by atoms with E-state index in [0.717, 1.165) is 42.0 Å². The molecule has 0 atom stereocenters. The van der Waals surface area contributed by atoms with Crippen molar-refractivity contribution in [1.82, 2.24) is 4.57 Å². The van der Waals surface area contributed by atoms with Crippen molar-refractivity contribution in [3.05, 3.63) is 57.5 Å². The number of amides is 1. The molecule has 1 aliphatic rings. The number of hydrogen-bond donors (Lipinski definition) is 1. The summed E-state index contributed by atoms with van der Waals surface area (Å²) in [5.41, 5.74) is 7.83. The first-order chi connectivity index (χ1) is 11.1. The van der Waals surface area contributed by atoms with Gasteiger partial charge in [-0.25, -0.2) is 0 Å². The lowest BCUT2D eigenvalue weighted by Gasteiger charge is -2.22. The van der Waals surface area contributed by atoms with Crippen molar-refractivity contribution in [2.45, 2.75) is 32.6 Å². The molecule has 0 fully saturated rings. The van der Waals surface area contributed by atoms with Gasteiger partial charge in [-0.05, 0) is 56.9 Å². The van der Waals surface area contributed by atoms with Crippen molar-refractivity contribution in [3.8, 4) is 11.4 Å². The predicted molar refractivity (Wildman–Crippen MR) is 88.4 cm³/mol. The largest absolute Gasteiger partial charge is 0.494 e. The van der Waals surface area contributed by atoms with Crippen molar-refractivity contribution in [2.24, 2.45) is 5.73 Å². The number of carbonyl (C=O) groups excluding carboxylic acids is 1. The molecule has 1 aliphatic carbocycles. The Hall–Kier alpha value is -2.56. The normalized spacial score (nSPS) is 13.4. The van der Waals surface area contributed by atoms with Gasteiger partial charge in [-0.2, -0.15) is 0 Å². The molecule has 0 spiro atoms. The topological polar surface area (TPSA) is 74.3 Å². The van der Waals surface area contributed by atoms with Gasteiger partial charge in [0.25, 0.3) is 5.91 Å². The number of ether oxygens (including phenoxy) is 1. The third-order valence-electron chi connectivity index (χ3n) is 4.20. The fourth-order valence-electron chi connectivity index (χ4n) is 3.10. The molecule has 0 radical (unpaired) electrons. The number of carbonyl (C=O) groups is 1. The molecule has 3 rings (SSSR count). The number of benzene rings is 1. The highest BCUT2D eigenvalue weighted by molar-refractivity contribution is 5.92. The first-order valence-electron chi connectivity index (χ1n) is 7.92. The van der Waals surface area contributed by atoms with E-state index < -0.39 is 5.91 Å². The van der Waals surface area contributed by atoms with E-state index in [4.69, 9.17) is 10.5 Å². The zero-order valence-corrected chi connectivity index (χ0v) is 13.2. The summed E-state index contributed by atoms with van der Waals surface area (Å²) in [6.07, 6.45) is 5.11. The van der Waals surface area contributed by atoms with E-state index in [9.17, 15) is 9.59 Å². The molecule has 2 aromatic rings. The van der Waals surface area contributed by atoms with Crippen LogP contribution in [0.2, 0.25) is 0 Å². The van der Waals surface area contributed by atoms with Crippen molar-refractivity contribution >= 4 is 5.91 Å². The lowest BCUT2D eigenvalue weighted by Crippen LogP contribution is -2.30. The number of rotatable bonds is 4. The Bertz CT molecular complexity index is 791. The maximum Gasteiger partial charge on any atom is 0.254 e. The van der Waals surface area contributed by atoms with E-state index in [1.165, 1.54) is 0 Å². The average molecular weight is 312 g/mol. The fraction of sp³-hybridized carbons (Fsp3) is 0.333. The molecule has 0 saturated carbocycles. The molecule has 0 saturated heterocycles. The SMILES string of the molecule is CCOc1ccc(-n2cc(C(N)=O)c(=O)c3c2CCCC3)cc1. The van der Waals surface area contributed by atoms with Gasteiger partial charge in [0.1, 0.15) is 11.3 Å². The van der Waals surface area contributed by atoms with Crippen molar-refractivity contribution in [1.29, 1.82) is 0 Å². The van der Waals surface area contributed by atoms with Crippen molar-refractivity contribution in [3.63, 3.8) is 0 Å². The van der Waals surface area contributed by atoms with Gasteiger partial charge in [0.05, 0.1) is 6.61 Å². The van der Waals surface area contributed by atoms with E-state index in [0.29, 0.717) is 13.0 Å². The molecule has 1 aromatic heterocycles. The monoisotopic (exact) mass is 312 g/mol. The van der Waals surface area contributed by atoms with Crippen LogP contribution in [0, 0.1) is 0 Å². The first kappa shape index (κ1) is 15.3. The van der Waals surface area contributed by atoms with Gasteiger partial charge in [0.15, 0.2) is 5.43 Å². The van der Waals surface area contributed by atoms with Gasteiger partial charge in [0.2, 0.25) is 0 Å². The molecular formula is C18H20N2O3. The molecule has 5 heteroatoms. The van der Waals surface area contributed by atoms with Gasteiger partial charge < -0.3 is 15.0 Å². The standard InChI is InChI=1S/C18H20N2O3/c1-2-23-13-9-7-12(8-10-13)20-11-15(18(19)22)17(21)14-5-3-4-6-16(14)20/h7-11H,2-6H2,1H3,(H2,19,22). The zero-order chi connectivity index (χ0) is 16.4. The predicted octanol–water partition coefficient (Wildman–Crippen LogP) is 2.21. The van der Waals surface area contributed by atoms with E-state index in [1.807, 2.05) is 35.8 Å². The minimum absolute atomic E-state index is 0.0551. The molecule has 0 unspecified atom stereocenters. The number of nitrogens with zero attached hydrogens (tertiary/aromatic N) is 1. The second-order valence-corrected chi connectivity index (χ2v) is 5.67. The van der Waals surface area contributed by atoms with E-state index in [1.54, 1.807) is 6.20 Å². The van der Waals surface area contributed by atoms with Crippen molar-refractivity contribution < 1.29 is 9.53 Å². The number of hydrogen-bond acceptors (Lipinski definition) is 3. The van der Waals surface area contributed by atoms with Gasteiger partial charge >= 0.3 is 0 Å². The summed E-state index contributed by atoms with van der Waals surface area (Å²) in [6, 6.07) is 7.62. The van der Waals surface area contributed by atoms with E-state index in [2.05, 4.69) is 0 Å². The van der Waals surface area contributed by atoms with Crippen LogP contribution in [0.3, 0.4) is 0 Å². The third kappa shape index (κ3) is 2.86. The highest BCUT2D eigenvalue weighted by Gasteiger charge is 2.21. The summed E-state index contributed by atoms with van der Waals surface area (Å²) in [5, 5.41) is 0. The summed E-state index contributed by atoms with van der Waals surface area (Å²) >= 11 is 0. The minimum atomic E-state index is -0.678. The van der Waals surface area contributed by atoms with Crippen LogP contribution in [0.5, 0.6) is 5.75 Å². The highest BCUT2D eigenvalue weighted by atomic mass is 16.5. The summed E-state index contributed by atoms with van der Waals surface area (Å²) in [6.45, 7) is 2.55. The lowest BCUT2D eigenvalue weighted by atomic mass is 9.93. The Kier molecular flexibility index (Phi) is 4.19. The van der Waals surface area contributed by atoms with Crippen LogP contribution in [0.4, 0.5) is 0 Å².